The van der Waals surface area contributed by atoms with Gasteiger partial charge in [-0.15, -0.1) is 0 Å². The van der Waals surface area contributed by atoms with Gasteiger partial charge < -0.3 is 4.90 Å². The lowest BCUT2D eigenvalue weighted by atomic mass is 10.1. The molecule has 3 rings (SSSR count). The lowest BCUT2D eigenvalue weighted by molar-refractivity contribution is -0.128. The first kappa shape index (κ1) is 20.6. The fraction of sp³-hybridized carbons (Fsp3) is 0.318. The van der Waals surface area contributed by atoms with Crippen LogP contribution in [0.4, 0.5) is 0 Å². The van der Waals surface area contributed by atoms with E-state index in [0.29, 0.717) is 18.0 Å². The van der Waals surface area contributed by atoms with E-state index >= 15 is 0 Å². The van der Waals surface area contributed by atoms with Crippen molar-refractivity contribution in [1.29, 1.82) is 0 Å². The van der Waals surface area contributed by atoms with Crippen LogP contribution in [-0.4, -0.2) is 36.8 Å². The van der Waals surface area contributed by atoms with Gasteiger partial charge in [0.1, 0.15) is 0 Å². The fourth-order valence-electron chi connectivity index (χ4n) is 3.35. The molecule has 0 aliphatic carbocycles. The van der Waals surface area contributed by atoms with Gasteiger partial charge in [-0.25, -0.2) is 8.42 Å². The quantitative estimate of drug-likeness (QED) is 0.664. The number of carbonyl (C=O) groups is 1. The number of carbonyl (C=O) groups excluding carboxylic acids is 1. The molecular weight excluding hydrogens is 394 g/mol. The van der Waals surface area contributed by atoms with E-state index in [4.69, 9.17) is 11.6 Å². The highest BCUT2D eigenvalue weighted by Crippen LogP contribution is 2.22. The first-order valence-corrected chi connectivity index (χ1v) is 11.6. The Bertz CT molecular complexity index is 968. The molecule has 28 heavy (non-hydrogen) atoms. The number of halogens is 1. The number of hydrogen-bond acceptors (Lipinski definition) is 3. The van der Waals surface area contributed by atoms with Gasteiger partial charge >= 0.3 is 0 Å². The van der Waals surface area contributed by atoms with Crippen molar-refractivity contribution in [1.82, 2.24) is 4.90 Å². The summed E-state index contributed by atoms with van der Waals surface area (Å²) in [4.78, 5) is 14.6. The molecule has 2 aromatic rings. The molecular formula is C22H24ClNO3S. The van der Waals surface area contributed by atoms with Gasteiger partial charge in [-0.1, -0.05) is 61.0 Å². The second-order valence-corrected chi connectivity index (χ2v) is 9.68. The summed E-state index contributed by atoms with van der Waals surface area (Å²) >= 11 is 6.15. The second-order valence-electron chi connectivity index (χ2n) is 7.05. The Morgan fingerprint density at radius 3 is 2.43 bits per heavy atom. The molecule has 1 heterocycles. The van der Waals surface area contributed by atoms with Crippen molar-refractivity contribution in [2.24, 2.45) is 0 Å². The standard InChI is InChI=1S/C22H24ClNO3S/c1-2-17-7-9-18(10-8-17)15-24(20-13-14-28(26,27)16-20)22(25)12-11-19-5-3-4-6-21(19)23/h3-12,20H,2,13-16H2,1H3. The molecule has 1 fully saturated rings. The molecule has 1 unspecified atom stereocenters. The van der Waals surface area contributed by atoms with Crippen LogP contribution >= 0.6 is 11.6 Å². The van der Waals surface area contributed by atoms with Gasteiger partial charge in [0.2, 0.25) is 5.91 Å². The van der Waals surface area contributed by atoms with Gasteiger partial charge in [0.15, 0.2) is 9.84 Å². The highest BCUT2D eigenvalue weighted by atomic mass is 35.5. The van der Waals surface area contributed by atoms with E-state index in [-0.39, 0.29) is 23.5 Å². The van der Waals surface area contributed by atoms with E-state index in [2.05, 4.69) is 6.92 Å². The normalized spacial score (nSPS) is 18.4. The molecule has 1 aliphatic rings. The lowest BCUT2D eigenvalue weighted by Crippen LogP contribution is -2.39. The van der Waals surface area contributed by atoms with Crippen molar-refractivity contribution in [2.45, 2.75) is 32.4 Å². The number of hydrogen-bond donors (Lipinski definition) is 0. The van der Waals surface area contributed by atoms with E-state index in [1.165, 1.54) is 11.6 Å². The molecule has 4 nitrogen and oxygen atoms in total. The largest absolute Gasteiger partial charge is 0.331 e. The third-order valence-electron chi connectivity index (χ3n) is 5.03. The molecule has 1 saturated heterocycles. The van der Waals surface area contributed by atoms with Gasteiger partial charge in [-0.05, 0) is 41.7 Å². The highest BCUT2D eigenvalue weighted by Gasteiger charge is 2.34. The Labute approximate surface area is 171 Å². The van der Waals surface area contributed by atoms with Crippen LogP contribution in [0.25, 0.3) is 6.08 Å². The molecule has 0 aromatic heterocycles. The van der Waals surface area contributed by atoms with E-state index in [1.54, 1.807) is 17.0 Å². The zero-order valence-electron chi connectivity index (χ0n) is 15.8. The predicted molar refractivity (Wildman–Crippen MR) is 114 cm³/mol. The third-order valence-corrected chi connectivity index (χ3v) is 7.12. The average molecular weight is 418 g/mol. The summed E-state index contributed by atoms with van der Waals surface area (Å²) in [6, 6.07) is 15.1. The minimum Gasteiger partial charge on any atom is -0.331 e. The monoisotopic (exact) mass is 417 g/mol. The molecule has 0 radical (unpaired) electrons. The van der Waals surface area contributed by atoms with E-state index in [0.717, 1.165) is 17.5 Å². The minimum atomic E-state index is -3.09. The van der Waals surface area contributed by atoms with Gasteiger partial charge in [-0.3, -0.25) is 4.79 Å². The summed E-state index contributed by atoms with van der Waals surface area (Å²) in [5, 5.41) is 0.566. The number of aryl methyl sites for hydroxylation is 1. The van der Waals surface area contributed by atoms with Crippen molar-refractivity contribution in [2.75, 3.05) is 11.5 Å². The van der Waals surface area contributed by atoms with Gasteiger partial charge in [0.25, 0.3) is 0 Å². The van der Waals surface area contributed by atoms with Crippen LogP contribution in [-0.2, 0) is 27.6 Å². The number of sulfone groups is 1. The highest BCUT2D eigenvalue weighted by molar-refractivity contribution is 7.91. The van der Waals surface area contributed by atoms with E-state index in [1.807, 2.05) is 42.5 Å². The summed E-state index contributed by atoms with van der Waals surface area (Å²) in [6.45, 7) is 2.48. The molecule has 2 aromatic carbocycles. The maximum Gasteiger partial charge on any atom is 0.247 e. The van der Waals surface area contributed by atoms with Crippen LogP contribution in [0.2, 0.25) is 5.02 Å². The molecule has 0 spiro atoms. The first-order valence-electron chi connectivity index (χ1n) is 9.39. The zero-order chi connectivity index (χ0) is 20.1. The molecule has 1 aliphatic heterocycles. The predicted octanol–water partition coefficient (Wildman–Crippen LogP) is 4.13. The maximum absolute atomic E-state index is 13.0. The fourth-order valence-corrected chi connectivity index (χ4v) is 5.28. The van der Waals surface area contributed by atoms with Crippen LogP contribution in [0.15, 0.2) is 54.6 Å². The molecule has 0 saturated carbocycles. The molecule has 6 heteroatoms. The number of amides is 1. The Hall–Kier alpha value is -2.11. The van der Waals surface area contributed by atoms with Crippen LogP contribution in [0.5, 0.6) is 0 Å². The summed E-state index contributed by atoms with van der Waals surface area (Å²) < 4.78 is 23.9. The van der Waals surface area contributed by atoms with E-state index in [9.17, 15) is 13.2 Å². The topological polar surface area (TPSA) is 54.5 Å². The van der Waals surface area contributed by atoms with Crippen LogP contribution in [0.3, 0.4) is 0 Å². The molecule has 148 valence electrons. The summed E-state index contributed by atoms with van der Waals surface area (Å²) in [5.74, 6) is -0.0579. The second kappa shape index (κ2) is 8.93. The average Bonchev–Trinajstić information content (AvgIpc) is 3.05. The van der Waals surface area contributed by atoms with Crippen LogP contribution < -0.4 is 0 Å². The van der Waals surface area contributed by atoms with Gasteiger partial charge in [0.05, 0.1) is 11.5 Å². The smallest absolute Gasteiger partial charge is 0.247 e. The Kier molecular flexibility index (Phi) is 6.57. The van der Waals surface area contributed by atoms with Crippen molar-refractivity contribution >= 4 is 33.4 Å². The lowest BCUT2D eigenvalue weighted by Gasteiger charge is -2.27. The van der Waals surface area contributed by atoms with Crippen molar-refractivity contribution < 1.29 is 13.2 Å². The van der Waals surface area contributed by atoms with Gasteiger partial charge in [-0.2, -0.15) is 0 Å². The molecule has 0 bridgehead atoms. The number of rotatable bonds is 6. The zero-order valence-corrected chi connectivity index (χ0v) is 17.4. The third kappa shape index (κ3) is 5.24. The van der Waals surface area contributed by atoms with Crippen molar-refractivity contribution in [3.8, 4) is 0 Å². The first-order chi connectivity index (χ1) is 13.4. The Morgan fingerprint density at radius 1 is 1.14 bits per heavy atom. The van der Waals surface area contributed by atoms with E-state index < -0.39 is 9.84 Å². The Balaban J connectivity index is 1.82. The minimum absolute atomic E-state index is 0.0196. The SMILES string of the molecule is CCc1ccc(CN(C(=O)C=Cc2ccccc2Cl)C2CCS(=O)(=O)C2)cc1. The van der Waals surface area contributed by atoms with Crippen molar-refractivity contribution in [3.05, 3.63) is 76.3 Å². The van der Waals surface area contributed by atoms with Crippen molar-refractivity contribution in [3.63, 3.8) is 0 Å². The Morgan fingerprint density at radius 2 is 1.82 bits per heavy atom. The number of nitrogens with zero attached hydrogens (tertiary/aromatic N) is 1. The summed E-state index contributed by atoms with van der Waals surface area (Å²) in [6.07, 6.45) is 4.58. The molecule has 1 atom stereocenters. The maximum atomic E-state index is 13.0. The summed E-state index contributed by atoms with van der Waals surface area (Å²) in [7, 11) is -3.09. The van der Waals surface area contributed by atoms with Gasteiger partial charge in [0, 0.05) is 23.7 Å². The molecule has 0 N–H and O–H groups in total. The molecule has 1 amide bonds. The summed E-state index contributed by atoms with van der Waals surface area (Å²) in [5.41, 5.74) is 2.97. The number of benzene rings is 2. The van der Waals surface area contributed by atoms with Crippen LogP contribution in [0, 0.1) is 0 Å². The van der Waals surface area contributed by atoms with Crippen LogP contribution in [0.1, 0.15) is 30.0 Å².